The predicted octanol–water partition coefficient (Wildman–Crippen LogP) is 1.39. The number of rotatable bonds is 8. The zero-order chi connectivity index (χ0) is 20.6. The molecule has 1 atom stereocenters. The Morgan fingerprint density at radius 3 is 2.52 bits per heavy atom. The molecule has 3 rings (SSSR count). The minimum absolute atomic E-state index is 0.113. The van der Waals surface area contributed by atoms with Gasteiger partial charge < -0.3 is 10.2 Å². The van der Waals surface area contributed by atoms with Crippen molar-refractivity contribution < 1.29 is 9.69 Å². The zero-order valence-electron chi connectivity index (χ0n) is 16.3. The molecule has 2 aromatic carbocycles. The van der Waals surface area contributed by atoms with Crippen LogP contribution in [0, 0.1) is 0 Å². The van der Waals surface area contributed by atoms with Crippen molar-refractivity contribution in [2.24, 2.45) is 0 Å². The summed E-state index contributed by atoms with van der Waals surface area (Å²) >= 11 is 5.91. The number of halogens is 1. The smallest absolute Gasteiger partial charge is 0.267 e. The number of likely N-dealkylation sites (N-methyl/N-ethyl adjacent to an activating group) is 1. The van der Waals surface area contributed by atoms with Crippen LogP contribution >= 0.6 is 11.6 Å². The monoisotopic (exact) mass is 411 g/mol. The number of quaternary nitrogens is 1. The van der Waals surface area contributed by atoms with Crippen LogP contribution in [0.5, 0.6) is 0 Å². The van der Waals surface area contributed by atoms with E-state index >= 15 is 0 Å². The van der Waals surface area contributed by atoms with E-state index in [2.05, 4.69) is 29.6 Å². The number of nitrogens with one attached hydrogen (secondary N) is 2. The normalized spacial score (nSPS) is 11.8. The summed E-state index contributed by atoms with van der Waals surface area (Å²) < 4.78 is 1.18. The van der Waals surface area contributed by atoms with Crippen molar-refractivity contribution in [1.29, 1.82) is 0 Å². The summed E-state index contributed by atoms with van der Waals surface area (Å²) in [4.78, 5) is 25.6. The van der Waals surface area contributed by atoms with Crippen LogP contribution < -0.4 is 15.8 Å². The minimum Gasteiger partial charge on any atom is -0.349 e. The van der Waals surface area contributed by atoms with Crippen molar-refractivity contribution in [2.75, 3.05) is 20.1 Å². The van der Waals surface area contributed by atoms with Gasteiger partial charge in [-0.05, 0) is 18.2 Å². The molecule has 0 saturated carbocycles. The molecule has 1 unspecified atom stereocenters. The van der Waals surface area contributed by atoms with Gasteiger partial charge in [-0.3, -0.25) is 9.59 Å². The first-order valence-corrected chi connectivity index (χ1v) is 9.85. The van der Waals surface area contributed by atoms with Crippen molar-refractivity contribution in [1.82, 2.24) is 15.1 Å². The van der Waals surface area contributed by atoms with Gasteiger partial charge in [-0.15, -0.1) is 0 Å². The topological polar surface area (TPSA) is 68.4 Å². The molecule has 1 aromatic heterocycles. The number of hydrogen-bond donors (Lipinski definition) is 2. The Bertz CT molecular complexity index is 1000. The average molecular weight is 412 g/mol. The van der Waals surface area contributed by atoms with Crippen molar-refractivity contribution in [3.05, 3.63) is 87.7 Å². The quantitative estimate of drug-likeness (QED) is 0.588. The number of amides is 1. The Morgan fingerprint density at radius 2 is 1.79 bits per heavy atom. The van der Waals surface area contributed by atoms with Crippen molar-refractivity contribution in [3.63, 3.8) is 0 Å². The molecule has 0 aliphatic carbocycles. The summed E-state index contributed by atoms with van der Waals surface area (Å²) in [6.07, 6.45) is 0. The van der Waals surface area contributed by atoms with Crippen LogP contribution in [0.2, 0.25) is 5.02 Å². The van der Waals surface area contributed by atoms with E-state index in [9.17, 15) is 9.59 Å². The van der Waals surface area contributed by atoms with Gasteiger partial charge in [0.25, 0.3) is 5.56 Å². The number of aromatic nitrogens is 2. The van der Waals surface area contributed by atoms with Crippen molar-refractivity contribution in [2.45, 2.75) is 13.1 Å². The van der Waals surface area contributed by atoms with E-state index in [1.165, 1.54) is 21.2 Å². The molecule has 0 spiro atoms. The molecule has 0 radical (unpaired) electrons. The summed E-state index contributed by atoms with van der Waals surface area (Å²) in [7, 11) is 2.08. The number of carbonyl (C=O) groups is 1. The van der Waals surface area contributed by atoms with Gasteiger partial charge >= 0.3 is 0 Å². The highest BCUT2D eigenvalue weighted by atomic mass is 35.5. The van der Waals surface area contributed by atoms with Crippen LogP contribution in [0.4, 0.5) is 0 Å². The van der Waals surface area contributed by atoms with E-state index in [4.69, 9.17) is 11.6 Å². The van der Waals surface area contributed by atoms with E-state index in [-0.39, 0.29) is 18.0 Å². The Hall–Kier alpha value is -2.96. The highest BCUT2D eigenvalue weighted by molar-refractivity contribution is 6.30. The molecule has 1 heterocycles. The van der Waals surface area contributed by atoms with Gasteiger partial charge in [-0.25, -0.2) is 4.68 Å². The molecule has 7 heteroatoms. The number of hydrogen-bond acceptors (Lipinski definition) is 3. The maximum Gasteiger partial charge on any atom is 0.267 e. The summed E-state index contributed by atoms with van der Waals surface area (Å²) in [5, 5.41) is 7.80. The van der Waals surface area contributed by atoms with E-state index in [1.807, 2.05) is 30.3 Å². The number of benzene rings is 2. The molecule has 150 valence electrons. The summed E-state index contributed by atoms with van der Waals surface area (Å²) in [5.41, 5.74) is 2.38. The summed E-state index contributed by atoms with van der Waals surface area (Å²) in [6, 6.07) is 20.4. The largest absolute Gasteiger partial charge is 0.349 e. The maximum absolute atomic E-state index is 12.3. The Kier molecular flexibility index (Phi) is 7.16. The lowest BCUT2D eigenvalue weighted by molar-refractivity contribution is -0.892. The lowest BCUT2D eigenvalue weighted by atomic mass is 10.1. The number of nitrogens with zero attached hydrogens (tertiary/aromatic N) is 2. The fraction of sp³-hybridized carbons (Fsp3) is 0.227. The Labute approximate surface area is 174 Å². The highest BCUT2D eigenvalue weighted by Gasteiger charge is 2.09. The second-order valence-corrected chi connectivity index (χ2v) is 7.38. The Morgan fingerprint density at radius 1 is 1.07 bits per heavy atom. The van der Waals surface area contributed by atoms with Gasteiger partial charge in [0.05, 0.1) is 25.8 Å². The first-order valence-electron chi connectivity index (χ1n) is 9.47. The molecule has 0 fully saturated rings. The van der Waals surface area contributed by atoms with E-state index in [0.717, 1.165) is 18.7 Å². The van der Waals surface area contributed by atoms with Gasteiger partial charge in [-0.1, -0.05) is 54.1 Å². The molecule has 3 aromatic rings. The molecule has 2 N–H and O–H groups in total. The van der Waals surface area contributed by atoms with Gasteiger partial charge in [0.1, 0.15) is 13.1 Å². The fourth-order valence-electron chi connectivity index (χ4n) is 2.98. The lowest BCUT2D eigenvalue weighted by Crippen LogP contribution is -3.08. The Balaban J connectivity index is 1.53. The first-order chi connectivity index (χ1) is 14.0. The van der Waals surface area contributed by atoms with Crippen LogP contribution in [-0.4, -0.2) is 35.8 Å². The maximum atomic E-state index is 12.3. The standard InChI is InChI=1S/C22H23ClN4O2/c1-26(15-17-5-3-2-4-6-17)14-13-24-21(28)16-27-22(29)12-11-20(25-27)18-7-9-19(23)10-8-18/h2-12H,13-16H2,1H3,(H,24,28)/p+1. The third-order valence-electron chi connectivity index (χ3n) is 4.52. The SMILES string of the molecule is C[NH+](CCNC(=O)Cn1nc(-c2ccc(Cl)cc2)ccc1=O)Cc1ccccc1. The molecule has 6 nitrogen and oxygen atoms in total. The fourth-order valence-corrected chi connectivity index (χ4v) is 3.10. The molecule has 29 heavy (non-hydrogen) atoms. The third kappa shape index (κ3) is 6.27. The second kappa shape index (κ2) is 10.0. The van der Waals surface area contributed by atoms with Crippen LogP contribution in [0.25, 0.3) is 11.3 Å². The average Bonchev–Trinajstić information content (AvgIpc) is 2.71. The molecular formula is C22H24ClN4O2+. The van der Waals surface area contributed by atoms with E-state index in [0.29, 0.717) is 17.3 Å². The lowest BCUT2D eigenvalue weighted by Gasteiger charge is -2.14. The van der Waals surface area contributed by atoms with E-state index < -0.39 is 0 Å². The van der Waals surface area contributed by atoms with Crippen LogP contribution in [0.1, 0.15) is 5.56 Å². The van der Waals surface area contributed by atoms with Crippen molar-refractivity contribution in [3.8, 4) is 11.3 Å². The van der Waals surface area contributed by atoms with Crippen LogP contribution in [0.15, 0.2) is 71.5 Å². The molecule has 0 aliphatic rings. The second-order valence-electron chi connectivity index (χ2n) is 6.94. The van der Waals surface area contributed by atoms with Gasteiger partial charge in [0.15, 0.2) is 0 Å². The van der Waals surface area contributed by atoms with Crippen LogP contribution in [-0.2, 0) is 17.9 Å². The minimum atomic E-state index is -0.315. The molecule has 1 amide bonds. The van der Waals surface area contributed by atoms with Gasteiger partial charge in [0.2, 0.25) is 5.91 Å². The van der Waals surface area contributed by atoms with Crippen LogP contribution in [0.3, 0.4) is 0 Å². The molecule has 0 bridgehead atoms. The molecule has 0 saturated heterocycles. The predicted molar refractivity (Wildman–Crippen MR) is 114 cm³/mol. The number of carbonyl (C=O) groups excluding carboxylic acids is 1. The molecule has 0 aliphatic heterocycles. The third-order valence-corrected chi connectivity index (χ3v) is 4.77. The van der Waals surface area contributed by atoms with Gasteiger partial charge in [-0.2, -0.15) is 5.10 Å². The van der Waals surface area contributed by atoms with Gasteiger partial charge in [0, 0.05) is 22.2 Å². The summed E-state index contributed by atoms with van der Waals surface area (Å²) in [5.74, 6) is -0.236. The first kappa shape index (κ1) is 20.8. The van der Waals surface area contributed by atoms with E-state index in [1.54, 1.807) is 18.2 Å². The highest BCUT2D eigenvalue weighted by Crippen LogP contribution is 2.18. The summed E-state index contributed by atoms with van der Waals surface area (Å²) in [6.45, 7) is 2.09. The van der Waals surface area contributed by atoms with Crippen molar-refractivity contribution >= 4 is 17.5 Å². The zero-order valence-corrected chi connectivity index (χ0v) is 17.0. The molecular weight excluding hydrogens is 388 g/mol.